The fraction of sp³-hybridized carbons (Fsp3) is 0.571. The Kier molecular flexibility index (Phi) is 11.0. The minimum Gasteiger partial charge on any atom is -0.506 e. The molecule has 4 rings (SSSR count). The lowest BCUT2D eigenvalue weighted by Gasteiger charge is -2.44. The lowest BCUT2D eigenvalue weighted by molar-refractivity contribution is -0.292. The molecule has 1 saturated heterocycles. The molecule has 0 aromatic heterocycles. The van der Waals surface area contributed by atoms with Gasteiger partial charge < -0.3 is 55.4 Å². The molecule has 0 spiro atoms. The van der Waals surface area contributed by atoms with Crippen LogP contribution in [0.1, 0.15) is 34.3 Å². The van der Waals surface area contributed by atoms with Crippen LogP contribution in [0.4, 0.5) is 0 Å². The van der Waals surface area contributed by atoms with Crippen molar-refractivity contribution in [3.05, 3.63) is 28.8 Å². The summed E-state index contributed by atoms with van der Waals surface area (Å²) in [6.45, 7) is 1.25. The monoisotopic (exact) mass is 627 g/mol. The Bertz CT molecular complexity index is 1290. The summed E-state index contributed by atoms with van der Waals surface area (Å²) in [6, 6.07) is 2.98. The molecule has 0 radical (unpaired) electrons. The predicted molar refractivity (Wildman–Crippen MR) is 157 cm³/mol. The second-order valence-electron chi connectivity index (χ2n) is 10.4. The van der Waals surface area contributed by atoms with Crippen LogP contribution in [0.5, 0.6) is 17.2 Å². The number of hydrogen-bond donors (Lipinski definition) is 7. The molecular formula is C28H37NO11S2. The van der Waals surface area contributed by atoms with Crippen LogP contribution in [0, 0.1) is 18.8 Å². The van der Waals surface area contributed by atoms with Crippen molar-refractivity contribution in [1.29, 1.82) is 0 Å². The summed E-state index contributed by atoms with van der Waals surface area (Å²) >= 11 is 0. The van der Waals surface area contributed by atoms with E-state index in [1.54, 1.807) is 13.0 Å². The Labute approximate surface area is 250 Å². The van der Waals surface area contributed by atoms with Gasteiger partial charge in [-0.05, 0) is 36.4 Å². The van der Waals surface area contributed by atoms with E-state index in [2.05, 4.69) is 0 Å². The van der Waals surface area contributed by atoms with Gasteiger partial charge in [-0.3, -0.25) is 4.79 Å². The van der Waals surface area contributed by atoms with Crippen LogP contribution in [0.3, 0.4) is 0 Å². The lowest BCUT2D eigenvalue weighted by atomic mass is 9.81. The van der Waals surface area contributed by atoms with Gasteiger partial charge in [0.05, 0.1) is 30.8 Å². The lowest BCUT2D eigenvalue weighted by Crippen LogP contribution is -2.63. The van der Waals surface area contributed by atoms with Gasteiger partial charge in [-0.25, -0.2) is 0 Å². The zero-order chi connectivity index (χ0) is 30.7. The normalized spacial score (nSPS) is 29.7. The van der Waals surface area contributed by atoms with Crippen molar-refractivity contribution in [2.24, 2.45) is 17.6 Å². The zero-order valence-electron chi connectivity index (χ0n) is 23.2. The van der Waals surface area contributed by atoms with Crippen LogP contribution >= 0.6 is 21.6 Å². The van der Waals surface area contributed by atoms with Crippen molar-refractivity contribution < 1.29 is 54.4 Å². The number of fused-ring (bicyclic) bond motifs is 3. The molecular weight excluding hydrogens is 590 g/mol. The molecule has 8 atom stereocenters. The van der Waals surface area contributed by atoms with Gasteiger partial charge in [-0.1, -0.05) is 21.6 Å². The second kappa shape index (κ2) is 14.1. The van der Waals surface area contributed by atoms with Gasteiger partial charge in [-0.15, -0.1) is 0 Å². The largest absolute Gasteiger partial charge is 0.506 e. The summed E-state index contributed by atoms with van der Waals surface area (Å²) in [5.41, 5.74) is 6.79. The molecule has 232 valence electrons. The van der Waals surface area contributed by atoms with Crippen molar-refractivity contribution in [3.8, 4) is 17.2 Å². The molecule has 2 aliphatic rings. The molecule has 2 heterocycles. The number of hydrogen-bond acceptors (Lipinski definition) is 14. The van der Waals surface area contributed by atoms with Crippen molar-refractivity contribution in [2.45, 2.75) is 63.2 Å². The molecule has 2 aromatic rings. The molecule has 0 amide bonds. The molecule has 4 bridgehead atoms. The number of rotatable bonds is 6. The molecule has 12 nitrogen and oxygen atoms in total. The number of Topliss-reactive ketones (excluding diaryl/α,β-unsaturated/α-hetero) is 1. The van der Waals surface area contributed by atoms with E-state index in [9.17, 15) is 40.2 Å². The predicted octanol–water partition coefficient (Wildman–Crippen LogP) is 0.650. The van der Waals surface area contributed by atoms with Gasteiger partial charge in [0, 0.05) is 41.9 Å². The molecule has 8 unspecified atom stereocenters. The van der Waals surface area contributed by atoms with Crippen molar-refractivity contribution >= 4 is 44.4 Å². The number of phenols is 1. The number of benzene rings is 2. The Morgan fingerprint density at radius 2 is 1.88 bits per heavy atom. The van der Waals surface area contributed by atoms with E-state index in [1.807, 2.05) is 0 Å². The Balaban J connectivity index is 1.89. The number of ketones is 1. The number of carbonyl (C=O) groups excluding carboxylic acids is 2. The number of aryl methyl sites for hydroxylation is 1. The number of carbonyl (C=O) groups is 2. The highest BCUT2D eigenvalue weighted by atomic mass is 33.1. The summed E-state index contributed by atoms with van der Waals surface area (Å²) in [5.74, 6) is -1.15. The highest BCUT2D eigenvalue weighted by Crippen LogP contribution is 2.45. The van der Waals surface area contributed by atoms with Gasteiger partial charge in [0.1, 0.15) is 48.0 Å². The topological polar surface area (TPSA) is 209 Å². The van der Waals surface area contributed by atoms with Gasteiger partial charge in [0.25, 0.3) is 0 Å². The Hall–Kier alpha value is -2.14. The summed E-state index contributed by atoms with van der Waals surface area (Å²) < 4.78 is 17.4. The number of methoxy groups -OCH3 is 1. The van der Waals surface area contributed by atoms with E-state index in [0.717, 1.165) is 0 Å². The van der Waals surface area contributed by atoms with Crippen LogP contribution in [-0.2, 0) is 16.1 Å². The first-order valence-corrected chi connectivity index (χ1v) is 16.0. The third-order valence-corrected chi connectivity index (χ3v) is 10.4. The van der Waals surface area contributed by atoms with E-state index < -0.39 is 61.0 Å². The first-order valence-electron chi connectivity index (χ1n) is 13.5. The summed E-state index contributed by atoms with van der Waals surface area (Å²) in [5, 5.41) is 65.9. The standard InChI is InChI=1S/C28H37NO11S2/c1-12-7-14-15(10-31)18(38-2)8-19-21(14)23(34)20(12)17(32)4-6-41-42-11-16(13(9-29)3-5-30)22(33)27-25(36)24(35)26(37)28(39-19)40-27/h5,7-8,13,16,22,24-28,31,33-37H,3-4,6,9-11,29H2,1-2H3. The average Bonchev–Trinajstić information content (AvgIpc) is 2.96. The number of aliphatic hydroxyl groups is 5. The molecule has 0 saturated carbocycles. The van der Waals surface area contributed by atoms with E-state index in [1.165, 1.54) is 34.8 Å². The molecule has 2 aromatic carbocycles. The Morgan fingerprint density at radius 1 is 1.14 bits per heavy atom. The fourth-order valence-electron chi connectivity index (χ4n) is 5.64. The van der Waals surface area contributed by atoms with E-state index in [4.69, 9.17) is 19.9 Å². The number of ether oxygens (including phenoxy) is 3. The maximum Gasteiger partial charge on any atom is 0.229 e. The number of aliphatic hydroxyl groups excluding tert-OH is 5. The smallest absolute Gasteiger partial charge is 0.229 e. The number of aldehydes is 1. The minimum atomic E-state index is -1.80. The van der Waals surface area contributed by atoms with Crippen molar-refractivity contribution in [2.75, 3.05) is 25.2 Å². The second-order valence-corrected chi connectivity index (χ2v) is 13.1. The number of nitrogens with two attached hydrogens (primary N) is 1. The van der Waals surface area contributed by atoms with Crippen LogP contribution in [0.25, 0.3) is 10.8 Å². The zero-order valence-corrected chi connectivity index (χ0v) is 24.8. The third-order valence-electron chi connectivity index (χ3n) is 7.97. The average molecular weight is 628 g/mol. The van der Waals surface area contributed by atoms with Gasteiger partial charge in [0.15, 0.2) is 5.78 Å². The van der Waals surface area contributed by atoms with E-state index >= 15 is 0 Å². The molecule has 8 N–H and O–H groups in total. The first kappa shape index (κ1) is 32.8. The summed E-state index contributed by atoms with van der Waals surface area (Å²) in [4.78, 5) is 24.7. The van der Waals surface area contributed by atoms with Crippen LogP contribution in [0.2, 0.25) is 0 Å². The van der Waals surface area contributed by atoms with Crippen LogP contribution in [-0.4, -0.2) is 105 Å². The molecule has 2 aliphatic heterocycles. The maximum absolute atomic E-state index is 13.3. The highest BCUT2D eigenvalue weighted by Gasteiger charge is 2.50. The van der Waals surface area contributed by atoms with Crippen molar-refractivity contribution in [3.63, 3.8) is 0 Å². The third kappa shape index (κ3) is 6.23. The van der Waals surface area contributed by atoms with Crippen LogP contribution in [0.15, 0.2) is 12.1 Å². The fourth-order valence-corrected chi connectivity index (χ4v) is 8.11. The minimum absolute atomic E-state index is 0.0397. The quantitative estimate of drug-likeness (QED) is 0.173. The van der Waals surface area contributed by atoms with Gasteiger partial charge in [0.2, 0.25) is 6.29 Å². The summed E-state index contributed by atoms with van der Waals surface area (Å²) in [7, 11) is 4.08. The van der Waals surface area contributed by atoms with Crippen molar-refractivity contribution in [1.82, 2.24) is 0 Å². The molecule has 1 fully saturated rings. The van der Waals surface area contributed by atoms with Gasteiger partial charge >= 0.3 is 0 Å². The summed E-state index contributed by atoms with van der Waals surface area (Å²) in [6.07, 6.45) is -9.04. The molecule has 0 aliphatic carbocycles. The van der Waals surface area contributed by atoms with E-state index in [-0.39, 0.29) is 53.4 Å². The Morgan fingerprint density at radius 3 is 2.52 bits per heavy atom. The van der Waals surface area contributed by atoms with E-state index in [0.29, 0.717) is 28.6 Å². The number of phenolic OH excluding ortho intramolecular Hbond substituents is 1. The number of aromatic hydroxyl groups is 1. The first-order chi connectivity index (χ1) is 20.1. The highest BCUT2D eigenvalue weighted by molar-refractivity contribution is 8.76. The molecule has 14 heteroatoms. The van der Waals surface area contributed by atoms with Crippen LogP contribution < -0.4 is 15.2 Å². The molecule has 42 heavy (non-hydrogen) atoms. The SMILES string of the molecule is COc1cc2c3c(O)c(c(C)cc3c1CO)C(=O)CCSSCC(C(CN)CC=O)C(O)C1OC(O2)C(O)C(O)C1O. The van der Waals surface area contributed by atoms with Gasteiger partial charge in [-0.2, -0.15) is 0 Å². The maximum atomic E-state index is 13.3.